The Morgan fingerprint density at radius 2 is 2.00 bits per heavy atom. The third-order valence-corrected chi connectivity index (χ3v) is 5.52. The molecule has 2 aliphatic rings. The molecule has 1 saturated heterocycles. The molecule has 21 heavy (non-hydrogen) atoms. The van der Waals surface area contributed by atoms with Crippen LogP contribution < -0.4 is 10.6 Å². The molecule has 2 fully saturated rings. The van der Waals surface area contributed by atoms with E-state index in [-0.39, 0.29) is 5.91 Å². The molecule has 4 unspecified atom stereocenters. The fourth-order valence-electron chi connectivity index (χ4n) is 3.99. The van der Waals surface area contributed by atoms with E-state index in [4.69, 9.17) is 0 Å². The number of hydrogen-bond donors (Lipinski definition) is 2. The standard InChI is InChI=1S/C17H33N3O/c1-13-6-4-8-16(14(13)2)19-17(21)12-20-9-5-7-15(11-20)10-18-3/h13-16,18H,4-12H2,1-3H3,(H,19,21). The summed E-state index contributed by atoms with van der Waals surface area (Å²) in [5, 5.41) is 6.56. The second-order valence-electron chi connectivity index (χ2n) is 7.24. The van der Waals surface area contributed by atoms with E-state index < -0.39 is 0 Å². The number of likely N-dealkylation sites (tertiary alicyclic amines) is 1. The molecule has 1 amide bonds. The third kappa shape index (κ3) is 4.96. The Bertz CT molecular complexity index is 332. The van der Waals surface area contributed by atoms with Gasteiger partial charge in [0.2, 0.25) is 5.91 Å². The topological polar surface area (TPSA) is 44.4 Å². The van der Waals surface area contributed by atoms with Crippen LogP contribution >= 0.6 is 0 Å². The molecule has 4 atom stereocenters. The van der Waals surface area contributed by atoms with Crippen molar-refractivity contribution < 1.29 is 4.79 Å². The quantitative estimate of drug-likeness (QED) is 0.814. The second-order valence-corrected chi connectivity index (χ2v) is 7.24. The summed E-state index contributed by atoms with van der Waals surface area (Å²) < 4.78 is 0. The lowest BCUT2D eigenvalue weighted by molar-refractivity contribution is -0.124. The number of amides is 1. The lowest BCUT2D eigenvalue weighted by atomic mass is 9.78. The summed E-state index contributed by atoms with van der Waals surface area (Å²) in [6, 6.07) is 0.388. The van der Waals surface area contributed by atoms with Gasteiger partial charge in [0.1, 0.15) is 0 Å². The van der Waals surface area contributed by atoms with Crippen LogP contribution in [-0.2, 0) is 4.79 Å². The molecule has 0 aromatic carbocycles. The first kappa shape index (κ1) is 16.8. The van der Waals surface area contributed by atoms with Crippen molar-refractivity contribution >= 4 is 5.91 Å². The van der Waals surface area contributed by atoms with E-state index in [0.717, 1.165) is 32.0 Å². The van der Waals surface area contributed by atoms with Crippen molar-refractivity contribution in [3.63, 3.8) is 0 Å². The molecule has 0 aromatic heterocycles. The molecule has 0 bridgehead atoms. The van der Waals surface area contributed by atoms with Gasteiger partial charge in [0, 0.05) is 12.6 Å². The van der Waals surface area contributed by atoms with Crippen LogP contribution in [0.1, 0.15) is 46.0 Å². The molecule has 1 aliphatic carbocycles. The second kappa shape index (κ2) is 8.14. The zero-order valence-electron chi connectivity index (χ0n) is 14.0. The molecule has 4 nitrogen and oxygen atoms in total. The first-order valence-electron chi connectivity index (χ1n) is 8.76. The van der Waals surface area contributed by atoms with Crippen molar-refractivity contribution in [1.29, 1.82) is 0 Å². The van der Waals surface area contributed by atoms with Crippen LogP contribution in [0.4, 0.5) is 0 Å². The predicted octanol–water partition coefficient (Wildman–Crippen LogP) is 1.86. The van der Waals surface area contributed by atoms with Gasteiger partial charge in [0.05, 0.1) is 6.54 Å². The highest BCUT2D eigenvalue weighted by atomic mass is 16.2. The highest BCUT2D eigenvalue weighted by Gasteiger charge is 2.29. The van der Waals surface area contributed by atoms with E-state index in [1.807, 2.05) is 7.05 Å². The van der Waals surface area contributed by atoms with Crippen LogP contribution in [0.25, 0.3) is 0 Å². The molecular weight excluding hydrogens is 262 g/mol. The number of carbonyl (C=O) groups excluding carboxylic acids is 1. The minimum absolute atomic E-state index is 0.228. The van der Waals surface area contributed by atoms with Gasteiger partial charge in [-0.1, -0.05) is 26.7 Å². The van der Waals surface area contributed by atoms with E-state index in [1.54, 1.807) is 0 Å². The van der Waals surface area contributed by atoms with Crippen LogP contribution in [0.15, 0.2) is 0 Å². The molecule has 1 heterocycles. The first-order valence-corrected chi connectivity index (χ1v) is 8.76. The number of rotatable bonds is 5. The summed E-state index contributed by atoms with van der Waals surface area (Å²) in [6.07, 6.45) is 6.22. The number of carbonyl (C=O) groups is 1. The van der Waals surface area contributed by atoms with Crippen LogP contribution in [0.2, 0.25) is 0 Å². The van der Waals surface area contributed by atoms with Gasteiger partial charge >= 0.3 is 0 Å². The Labute approximate surface area is 130 Å². The third-order valence-electron chi connectivity index (χ3n) is 5.52. The smallest absolute Gasteiger partial charge is 0.234 e. The van der Waals surface area contributed by atoms with Gasteiger partial charge in [-0.25, -0.2) is 0 Å². The summed E-state index contributed by atoms with van der Waals surface area (Å²) in [4.78, 5) is 14.7. The SMILES string of the molecule is CNCC1CCCN(CC(=O)NC2CCCC(C)C2C)C1. The van der Waals surface area contributed by atoms with E-state index >= 15 is 0 Å². The van der Waals surface area contributed by atoms with Gasteiger partial charge in [-0.2, -0.15) is 0 Å². The minimum Gasteiger partial charge on any atom is -0.352 e. The lowest BCUT2D eigenvalue weighted by Gasteiger charge is -2.36. The maximum Gasteiger partial charge on any atom is 0.234 e. The largest absolute Gasteiger partial charge is 0.352 e. The fourth-order valence-corrected chi connectivity index (χ4v) is 3.99. The maximum atomic E-state index is 12.3. The van der Waals surface area contributed by atoms with Crippen LogP contribution in [-0.4, -0.2) is 50.1 Å². The Hall–Kier alpha value is -0.610. The highest BCUT2D eigenvalue weighted by molar-refractivity contribution is 5.78. The molecule has 1 saturated carbocycles. The molecular formula is C17H33N3O. The van der Waals surface area contributed by atoms with Gasteiger partial charge in [0.25, 0.3) is 0 Å². The molecule has 0 radical (unpaired) electrons. The predicted molar refractivity (Wildman–Crippen MR) is 87.2 cm³/mol. The minimum atomic E-state index is 0.228. The van der Waals surface area contributed by atoms with Crippen molar-refractivity contribution in [3.05, 3.63) is 0 Å². The Morgan fingerprint density at radius 1 is 1.19 bits per heavy atom. The van der Waals surface area contributed by atoms with Gasteiger partial charge in [-0.15, -0.1) is 0 Å². The normalized spacial score (nSPS) is 34.6. The number of nitrogens with one attached hydrogen (secondary N) is 2. The summed E-state index contributed by atoms with van der Waals surface area (Å²) >= 11 is 0. The molecule has 122 valence electrons. The van der Waals surface area contributed by atoms with E-state index in [2.05, 4.69) is 29.4 Å². The van der Waals surface area contributed by atoms with E-state index in [1.165, 1.54) is 25.7 Å². The maximum absolute atomic E-state index is 12.3. The van der Waals surface area contributed by atoms with E-state index in [9.17, 15) is 4.79 Å². The molecule has 2 rings (SSSR count). The van der Waals surface area contributed by atoms with Crippen LogP contribution in [0.5, 0.6) is 0 Å². The monoisotopic (exact) mass is 295 g/mol. The van der Waals surface area contributed by atoms with Crippen LogP contribution in [0.3, 0.4) is 0 Å². The Morgan fingerprint density at radius 3 is 2.76 bits per heavy atom. The molecule has 0 aromatic rings. The summed E-state index contributed by atoms with van der Waals surface area (Å²) in [5.41, 5.74) is 0. The summed E-state index contributed by atoms with van der Waals surface area (Å²) in [5.74, 6) is 2.27. The lowest BCUT2D eigenvalue weighted by Crippen LogP contribution is -2.49. The number of piperidine rings is 1. The average molecular weight is 295 g/mol. The zero-order chi connectivity index (χ0) is 15.2. The highest BCUT2D eigenvalue weighted by Crippen LogP contribution is 2.29. The Balaban J connectivity index is 1.76. The van der Waals surface area contributed by atoms with Gasteiger partial charge in [0.15, 0.2) is 0 Å². The first-order chi connectivity index (χ1) is 10.1. The molecule has 1 aliphatic heterocycles. The van der Waals surface area contributed by atoms with Crippen molar-refractivity contribution in [2.75, 3.05) is 33.2 Å². The van der Waals surface area contributed by atoms with Crippen LogP contribution in [0, 0.1) is 17.8 Å². The van der Waals surface area contributed by atoms with Gasteiger partial charge in [-0.05, 0) is 57.2 Å². The fraction of sp³-hybridized carbons (Fsp3) is 0.941. The van der Waals surface area contributed by atoms with Gasteiger partial charge in [-0.3, -0.25) is 9.69 Å². The molecule has 4 heteroatoms. The van der Waals surface area contributed by atoms with Crippen molar-refractivity contribution in [3.8, 4) is 0 Å². The summed E-state index contributed by atoms with van der Waals surface area (Å²) in [7, 11) is 2.01. The Kier molecular flexibility index (Phi) is 6.49. The average Bonchev–Trinajstić information content (AvgIpc) is 2.44. The van der Waals surface area contributed by atoms with Crippen molar-refractivity contribution in [1.82, 2.24) is 15.5 Å². The van der Waals surface area contributed by atoms with Crippen molar-refractivity contribution in [2.45, 2.75) is 52.0 Å². The molecule has 0 spiro atoms. The van der Waals surface area contributed by atoms with E-state index in [0.29, 0.717) is 24.4 Å². The molecule has 2 N–H and O–H groups in total. The summed E-state index contributed by atoms with van der Waals surface area (Å²) in [6.45, 7) is 8.39. The zero-order valence-corrected chi connectivity index (χ0v) is 14.0. The number of nitrogens with zero attached hydrogens (tertiary/aromatic N) is 1. The van der Waals surface area contributed by atoms with Crippen molar-refractivity contribution in [2.24, 2.45) is 17.8 Å². The number of hydrogen-bond acceptors (Lipinski definition) is 3. The van der Waals surface area contributed by atoms with Gasteiger partial charge < -0.3 is 10.6 Å².